The maximum atomic E-state index is 9.50. The second kappa shape index (κ2) is 2.51. The van der Waals surface area contributed by atoms with Gasteiger partial charge in [-0.2, -0.15) is 0 Å². The minimum absolute atomic E-state index is 0.0266. The van der Waals surface area contributed by atoms with E-state index < -0.39 is 5.60 Å². The van der Waals surface area contributed by atoms with Crippen molar-refractivity contribution < 1.29 is 5.11 Å². The summed E-state index contributed by atoms with van der Waals surface area (Å²) in [4.78, 5) is 0. The van der Waals surface area contributed by atoms with Gasteiger partial charge in [0.05, 0.1) is 5.60 Å². The van der Waals surface area contributed by atoms with Crippen molar-refractivity contribution in [2.75, 3.05) is 0 Å². The van der Waals surface area contributed by atoms with Crippen LogP contribution in [0.3, 0.4) is 0 Å². The molecule has 0 aromatic heterocycles. The van der Waals surface area contributed by atoms with Crippen LogP contribution in [0.2, 0.25) is 0 Å². The zero-order valence-electron chi connectivity index (χ0n) is 6.80. The van der Waals surface area contributed by atoms with Crippen molar-refractivity contribution in [1.29, 1.82) is 0 Å². The average molecular weight is 143 g/mol. The van der Waals surface area contributed by atoms with E-state index in [1.807, 2.05) is 0 Å². The zero-order valence-corrected chi connectivity index (χ0v) is 6.80. The first-order valence-electron chi connectivity index (χ1n) is 4.00. The van der Waals surface area contributed by atoms with Gasteiger partial charge in [0.25, 0.3) is 0 Å². The second-order valence-electron chi connectivity index (χ2n) is 3.87. The van der Waals surface area contributed by atoms with Crippen LogP contribution in [0.1, 0.15) is 33.1 Å². The fourth-order valence-electron chi connectivity index (χ4n) is 1.38. The highest BCUT2D eigenvalue weighted by atomic mass is 16.3. The van der Waals surface area contributed by atoms with Crippen LogP contribution in [0.5, 0.6) is 0 Å². The molecule has 0 spiro atoms. The van der Waals surface area contributed by atoms with Gasteiger partial charge in [-0.25, -0.2) is 0 Å². The Morgan fingerprint density at radius 2 is 2.00 bits per heavy atom. The molecule has 3 N–H and O–H groups in total. The predicted octanol–water partition coefficient (Wildman–Crippen LogP) is 0.885. The summed E-state index contributed by atoms with van der Waals surface area (Å²) in [5.41, 5.74) is 5.12. The van der Waals surface area contributed by atoms with E-state index in [1.165, 1.54) is 19.3 Å². The Labute approximate surface area is 62.4 Å². The summed E-state index contributed by atoms with van der Waals surface area (Å²) in [6, 6.07) is -0.0266. The second-order valence-corrected chi connectivity index (χ2v) is 3.87. The van der Waals surface area contributed by atoms with Crippen molar-refractivity contribution in [2.45, 2.75) is 44.8 Å². The SMILES string of the molecule is CC(C)(O)C(N)C1CCC1. The van der Waals surface area contributed by atoms with Gasteiger partial charge in [-0.1, -0.05) is 6.42 Å². The normalized spacial score (nSPS) is 24.0. The summed E-state index contributed by atoms with van der Waals surface area (Å²) in [7, 11) is 0. The van der Waals surface area contributed by atoms with Crippen molar-refractivity contribution in [3.8, 4) is 0 Å². The van der Waals surface area contributed by atoms with Gasteiger partial charge in [0.2, 0.25) is 0 Å². The van der Waals surface area contributed by atoms with Gasteiger partial charge >= 0.3 is 0 Å². The highest BCUT2D eigenvalue weighted by Gasteiger charge is 2.33. The molecule has 0 aromatic carbocycles. The largest absolute Gasteiger partial charge is 0.389 e. The fraction of sp³-hybridized carbons (Fsp3) is 1.00. The first-order valence-corrected chi connectivity index (χ1v) is 4.00. The molecule has 0 bridgehead atoms. The van der Waals surface area contributed by atoms with E-state index in [4.69, 9.17) is 5.73 Å². The molecule has 1 aliphatic carbocycles. The van der Waals surface area contributed by atoms with Crippen LogP contribution in [0.4, 0.5) is 0 Å². The first-order chi connectivity index (χ1) is 4.52. The Morgan fingerprint density at radius 3 is 2.10 bits per heavy atom. The minimum atomic E-state index is -0.689. The van der Waals surface area contributed by atoms with E-state index in [2.05, 4.69) is 0 Å². The topological polar surface area (TPSA) is 46.2 Å². The van der Waals surface area contributed by atoms with E-state index in [-0.39, 0.29) is 6.04 Å². The molecule has 2 heteroatoms. The molecule has 0 amide bonds. The third kappa shape index (κ3) is 1.50. The molecule has 0 saturated heterocycles. The van der Waals surface area contributed by atoms with Crippen LogP contribution in [0.15, 0.2) is 0 Å². The van der Waals surface area contributed by atoms with E-state index in [0.29, 0.717) is 5.92 Å². The van der Waals surface area contributed by atoms with Gasteiger partial charge in [0.1, 0.15) is 0 Å². The molecule has 10 heavy (non-hydrogen) atoms. The fourth-order valence-corrected chi connectivity index (χ4v) is 1.38. The van der Waals surface area contributed by atoms with Crippen molar-refractivity contribution in [2.24, 2.45) is 11.7 Å². The van der Waals surface area contributed by atoms with E-state index in [9.17, 15) is 5.11 Å². The Morgan fingerprint density at radius 1 is 1.50 bits per heavy atom. The molecule has 1 aliphatic rings. The number of rotatable bonds is 2. The lowest BCUT2D eigenvalue weighted by atomic mass is 9.75. The predicted molar refractivity (Wildman–Crippen MR) is 41.6 cm³/mol. The standard InChI is InChI=1S/C8H17NO/c1-8(2,10)7(9)6-4-3-5-6/h6-7,10H,3-5,9H2,1-2H3. The van der Waals surface area contributed by atoms with Gasteiger partial charge in [-0.05, 0) is 32.6 Å². The van der Waals surface area contributed by atoms with Gasteiger partial charge in [0.15, 0.2) is 0 Å². The van der Waals surface area contributed by atoms with Crippen molar-refractivity contribution >= 4 is 0 Å². The van der Waals surface area contributed by atoms with Gasteiger partial charge < -0.3 is 10.8 Å². The van der Waals surface area contributed by atoms with Crippen molar-refractivity contribution in [1.82, 2.24) is 0 Å². The molecule has 1 unspecified atom stereocenters. The quantitative estimate of drug-likeness (QED) is 0.603. The molecule has 2 nitrogen and oxygen atoms in total. The monoisotopic (exact) mass is 143 g/mol. The van der Waals surface area contributed by atoms with Gasteiger partial charge in [-0.3, -0.25) is 0 Å². The van der Waals surface area contributed by atoms with Crippen molar-refractivity contribution in [3.05, 3.63) is 0 Å². The molecule has 1 atom stereocenters. The minimum Gasteiger partial charge on any atom is -0.389 e. The molecule has 1 rings (SSSR count). The number of aliphatic hydroxyl groups is 1. The maximum Gasteiger partial charge on any atom is 0.0744 e. The summed E-state index contributed by atoms with van der Waals surface area (Å²) in [5, 5.41) is 9.50. The summed E-state index contributed by atoms with van der Waals surface area (Å²) >= 11 is 0. The zero-order chi connectivity index (χ0) is 7.78. The van der Waals surface area contributed by atoms with Crippen LogP contribution in [0.25, 0.3) is 0 Å². The molecule has 0 aromatic rings. The Balaban J connectivity index is 2.39. The first kappa shape index (κ1) is 8.02. The molecule has 0 heterocycles. The molecule has 0 radical (unpaired) electrons. The van der Waals surface area contributed by atoms with Crippen molar-refractivity contribution in [3.63, 3.8) is 0 Å². The van der Waals surface area contributed by atoms with Gasteiger partial charge in [0, 0.05) is 6.04 Å². The Kier molecular flexibility index (Phi) is 2.02. The summed E-state index contributed by atoms with van der Waals surface area (Å²) in [6.07, 6.45) is 3.69. The summed E-state index contributed by atoms with van der Waals surface area (Å²) < 4.78 is 0. The molecular weight excluding hydrogens is 126 g/mol. The highest BCUT2D eigenvalue weighted by molar-refractivity contribution is 4.90. The number of hydrogen-bond acceptors (Lipinski definition) is 2. The van der Waals surface area contributed by atoms with E-state index in [0.717, 1.165) is 0 Å². The van der Waals surface area contributed by atoms with Gasteiger partial charge in [-0.15, -0.1) is 0 Å². The van der Waals surface area contributed by atoms with Crippen LogP contribution in [0, 0.1) is 5.92 Å². The third-order valence-corrected chi connectivity index (χ3v) is 2.47. The summed E-state index contributed by atoms with van der Waals surface area (Å²) in [6.45, 7) is 3.58. The van der Waals surface area contributed by atoms with Crippen LogP contribution < -0.4 is 5.73 Å². The van der Waals surface area contributed by atoms with Crippen LogP contribution in [-0.2, 0) is 0 Å². The average Bonchev–Trinajstić information content (AvgIpc) is 1.57. The molecular formula is C8H17NO. The number of hydrogen-bond donors (Lipinski definition) is 2. The maximum absolute atomic E-state index is 9.50. The molecule has 1 saturated carbocycles. The number of nitrogens with two attached hydrogens (primary N) is 1. The summed E-state index contributed by atoms with van der Waals surface area (Å²) in [5.74, 6) is 0.569. The highest BCUT2D eigenvalue weighted by Crippen LogP contribution is 2.32. The third-order valence-electron chi connectivity index (χ3n) is 2.47. The van der Waals surface area contributed by atoms with Crippen LogP contribution >= 0.6 is 0 Å². The van der Waals surface area contributed by atoms with Crippen LogP contribution in [-0.4, -0.2) is 16.7 Å². The smallest absolute Gasteiger partial charge is 0.0744 e. The molecule has 1 fully saturated rings. The molecule has 0 aliphatic heterocycles. The lowest BCUT2D eigenvalue weighted by Gasteiger charge is -2.38. The van der Waals surface area contributed by atoms with E-state index in [1.54, 1.807) is 13.8 Å². The lowest BCUT2D eigenvalue weighted by molar-refractivity contribution is 0.0138. The van der Waals surface area contributed by atoms with E-state index >= 15 is 0 Å². The molecule has 60 valence electrons. The Hall–Kier alpha value is -0.0800. The Bertz CT molecular complexity index is 113. The lowest BCUT2D eigenvalue weighted by Crippen LogP contribution is -2.50.